The number of imide groups is 1. The Kier molecular flexibility index (Phi) is 6.23. The molecular weight excluding hydrogens is 572 g/mol. The van der Waals surface area contributed by atoms with Crippen LogP contribution in [-0.4, -0.2) is 71.0 Å². The number of imidazole rings is 1. The molecule has 2 aliphatic rings. The van der Waals surface area contributed by atoms with Crippen LogP contribution in [0.4, 0.5) is 0 Å². The van der Waals surface area contributed by atoms with Crippen molar-refractivity contribution in [2.75, 3.05) is 39.4 Å². The number of hydrogen-bond acceptors (Lipinski definition) is 5. The first kappa shape index (κ1) is 27.0. The maximum Gasteiger partial charge on any atom is 0.261 e. The average Bonchev–Trinajstić information content (AvgIpc) is 3.57. The number of aromatic nitrogens is 2. The second kappa shape index (κ2) is 10.6. The molecule has 46 heavy (non-hydrogen) atoms. The molecule has 3 heterocycles. The topological polar surface area (TPSA) is 78.5 Å². The lowest BCUT2D eigenvalue weighted by molar-refractivity contribution is 0.0316. The fraction of sp³-hybridized carbons (Fsp3) is 0.154. The van der Waals surface area contributed by atoms with Crippen LogP contribution in [0.5, 0.6) is 0 Å². The molecule has 0 radical (unpaired) electrons. The summed E-state index contributed by atoms with van der Waals surface area (Å²) in [5.74, 6) is 0.357. The molecule has 7 nitrogen and oxygen atoms in total. The van der Waals surface area contributed by atoms with E-state index in [4.69, 9.17) is 9.72 Å². The lowest BCUT2D eigenvalue weighted by atomic mass is 9.89. The smallest absolute Gasteiger partial charge is 0.261 e. The van der Waals surface area contributed by atoms with Crippen LogP contribution in [0.2, 0.25) is 0 Å². The molecule has 6 aromatic carbocycles. The van der Waals surface area contributed by atoms with Crippen molar-refractivity contribution < 1.29 is 14.3 Å². The molecule has 7 heteroatoms. The van der Waals surface area contributed by atoms with Gasteiger partial charge < -0.3 is 9.72 Å². The fourth-order valence-corrected chi connectivity index (χ4v) is 7.24. The normalized spacial score (nSPS) is 15.5. The molecule has 0 atom stereocenters. The predicted octanol–water partition coefficient (Wildman–Crippen LogP) is 7.28. The maximum absolute atomic E-state index is 13.6. The fourth-order valence-electron chi connectivity index (χ4n) is 7.24. The number of benzene rings is 6. The Bertz CT molecular complexity index is 2260. The van der Waals surface area contributed by atoms with Gasteiger partial charge in [0.2, 0.25) is 0 Å². The van der Waals surface area contributed by atoms with Crippen LogP contribution in [0, 0.1) is 0 Å². The van der Waals surface area contributed by atoms with Gasteiger partial charge in [0.05, 0.1) is 24.2 Å². The number of H-pyrrole nitrogens is 1. The monoisotopic (exact) mass is 602 g/mol. The Morgan fingerprint density at radius 1 is 0.609 bits per heavy atom. The van der Waals surface area contributed by atoms with Gasteiger partial charge in [-0.2, -0.15) is 0 Å². The molecule has 0 spiro atoms. The number of amides is 2. The molecular formula is C39H30N4O3. The first-order chi connectivity index (χ1) is 22.7. The van der Waals surface area contributed by atoms with Gasteiger partial charge in [0, 0.05) is 59.0 Å². The lowest BCUT2D eigenvalue weighted by Gasteiger charge is -2.31. The molecule has 0 unspecified atom stereocenters. The van der Waals surface area contributed by atoms with Crippen molar-refractivity contribution in [2.24, 2.45) is 0 Å². The summed E-state index contributed by atoms with van der Waals surface area (Å²) in [7, 11) is 0. The van der Waals surface area contributed by atoms with Crippen molar-refractivity contribution in [3.8, 4) is 22.5 Å². The van der Waals surface area contributed by atoms with E-state index in [2.05, 4.69) is 82.7 Å². The number of nitrogens with one attached hydrogen (secondary N) is 1. The van der Waals surface area contributed by atoms with E-state index in [1.165, 1.54) is 15.7 Å². The van der Waals surface area contributed by atoms with Gasteiger partial charge in [-0.15, -0.1) is 0 Å². The SMILES string of the molecule is O=C1c2cccc3c(-c4ccc(-c5nc6c7ccccc7c7ccccc7c6[nH]5)cc4)ccc(c23)C(=O)N1CCN1CCOCC1. The molecule has 224 valence electrons. The minimum Gasteiger partial charge on any atom is -0.379 e. The Hall–Kier alpha value is -5.37. The quantitative estimate of drug-likeness (QED) is 0.165. The Balaban J connectivity index is 1.07. The minimum absolute atomic E-state index is 0.228. The van der Waals surface area contributed by atoms with E-state index >= 15 is 0 Å². The zero-order chi connectivity index (χ0) is 30.8. The third kappa shape index (κ3) is 4.16. The highest BCUT2D eigenvalue weighted by Crippen LogP contribution is 2.38. The van der Waals surface area contributed by atoms with Crippen LogP contribution in [0.1, 0.15) is 20.7 Å². The molecule has 1 N–H and O–H groups in total. The van der Waals surface area contributed by atoms with E-state index in [1.54, 1.807) is 0 Å². The minimum atomic E-state index is -0.228. The summed E-state index contributed by atoms with van der Waals surface area (Å²) < 4.78 is 5.44. The summed E-state index contributed by atoms with van der Waals surface area (Å²) in [6.07, 6.45) is 0. The zero-order valence-corrected chi connectivity index (χ0v) is 25.1. The lowest BCUT2D eigenvalue weighted by Crippen LogP contribution is -2.46. The maximum atomic E-state index is 13.6. The zero-order valence-electron chi connectivity index (χ0n) is 25.1. The Morgan fingerprint density at radius 2 is 1.22 bits per heavy atom. The number of fused-ring (bicyclic) bond motifs is 6. The first-order valence-corrected chi connectivity index (χ1v) is 15.8. The second-order valence-electron chi connectivity index (χ2n) is 12.1. The molecule has 1 aromatic heterocycles. The largest absolute Gasteiger partial charge is 0.379 e. The third-order valence-electron chi connectivity index (χ3n) is 9.58. The molecule has 0 aliphatic carbocycles. The van der Waals surface area contributed by atoms with Crippen molar-refractivity contribution in [3.63, 3.8) is 0 Å². The average molecular weight is 603 g/mol. The van der Waals surface area contributed by atoms with Gasteiger partial charge in [0.1, 0.15) is 5.82 Å². The van der Waals surface area contributed by atoms with Crippen LogP contribution in [0.3, 0.4) is 0 Å². The number of nitrogens with zero attached hydrogens (tertiary/aromatic N) is 3. The molecule has 0 bridgehead atoms. The third-order valence-corrected chi connectivity index (χ3v) is 9.58. The second-order valence-corrected chi connectivity index (χ2v) is 12.1. The van der Waals surface area contributed by atoms with E-state index in [1.807, 2.05) is 30.3 Å². The number of morpholine rings is 1. The summed E-state index contributed by atoms with van der Waals surface area (Å²) in [5.41, 5.74) is 6.13. The van der Waals surface area contributed by atoms with Crippen LogP contribution in [-0.2, 0) is 4.74 Å². The Labute approximate surface area is 265 Å². The van der Waals surface area contributed by atoms with Gasteiger partial charge in [0.15, 0.2) is 0 Å². The molecule has 0 saturated carbocycles. The van der Waals surface area contributed by atoms with Crippen molar-refractivity contribution in [1.82, 2.24) is 19.8 Å². The van der Waals surface area contributed by atoms with Gasteiger partial charge in [-0.25, -0.2) is 4.98 Å². The Morgan fingerprint density at radius 3 is 1.98 bits per heavy atom. The number of hydrogen-bond donors (Lipinski definition) is 1. The van der Waals surface area contributed by atoms with Gasteiger partial charge in [-0.3, -0.25) is 19.4 Å². The molecule has 9 rings (SSSR count). The van der Waals surface area contributed by atoms with Crippen LogP contribution >= 0.6 is 0 Å². The van der Waals surface area contributed by atoms with Crippen molar-refractivity contribution >= 4 is 55.2 Å². The van der Waals surface area contributed by atoms with Crippen LogP contribution in [0.25, 0.3) is 65.9 Å². The van der Waals surface area contributed by atoms with Crippen molar-refractivity contribution in [3.05, 3.63) is 114 Å². The van der Waals surface area contributed by atoms with Crippen molar-refractivity contribution in [1.29, 1.82) is 0 Å². The number of ether oxygens (including phenoxy) is 1. The van der Waals surface area contributed by atoms with E-state index in [9.17, 15) is 9.59 Å². The highest BCUT2D eigenvalue weighted by atomic mass is 16.5. The van der Waals surface area contributed by atoms with Crippen LogP contribution < -0.4 is 0 Å². The molecule has 2 aliphatic heterocycles. The van der Waals surface area contributed by atoms with E-state index in [-0.39, 0.29) is 11.8 Å². The van der Waals surface area contributed by atoms with Gasteiger partial charge in [0.25, 0.3) is 11.8 Å². The summed E-state index contributed by atoms with van der Waals surface area (Å²) in [6.45, 7) is 4.00. The van der Waals surface area contributed by atoms with Gasteiger partial charge in [-0.05, 0) is 39.4 Å². The number of carbonyl (C=O) groups is 2. The summed E-state index contributed by atoms with van der Waals surface area (Å²) in [4.78, 5) is 39.6. The predicted molar refractivity (Wildman–Crippen MR) is 182 cm³/mol. The summed E-state index contributed by atoms with van der Waals surface area (Å²) in [6, 6.07) is 34.8. The number of rotatable bonds is 5. The van der Waals surface area contributed by atoms with Crippen molar-refractivity contribution in [2.45, 2.75) is 0 Å². The van der Waals surface area contributed by atoms with E-state index in [0.29, 0.717) is 37.4 Å². The molecule has 1 saturated heterocycles. The van der Waals surface area contributed by atoms with E-state index < -0.39 is 0 Å². The van der Waals surface area contributed by atoms with E-state index in [0.717, 1.165) is 68.2 Å². The highest BCUT2D eigenvalue weighted by Gasteiger charge is 2.33. The first-order valence-electron chi connectivity index (χ1n) is 15.8. The van der Waals surface area contributed by atoms with Gasteiger partial charge >= 0.3 is 0 Å². The number of aromatic amines is 1. The van der Waals surface area contributed by atoms with Crippen LogP contribution in [0.15, 0.2) is 103 Å². The summed E-state index contributed by atoms with van der Waals surface area (Å²) >= 11 is 0. The molecule has 2 amide bonds. The number of carbonyl (C=O) groups excluding carboxylic acids is 2. The van der Waals surface area contributed by atoms with Gasteiger partial charge in [-0.1, -0.05) is 91.0 Å². The standard InChI is InChI=1S/C39H30N4O3/c44-38-32-11-5-10-29-26(16-17-33(34(29)32)39(45)43(38)19-18-42-20-22-46-23-21-42)24-12-14-25(15-13-24)37-40-35-30-8-3-1-6-27(30)28-7-2-4-9-31(28)36(35)41-37/h1-17H,18-23H2,(H,40,41). The molecule has 1 fully saturated rings. The highest BCUT2D eigenvalue weighted by molar-refractivity contribution is 6.27. The summed E-state index contributed by atoms with van der Waals surface area (Å²) in [5, 5.41) is 6.31. The molecule has 7 aromatic rings.